The van der Waals surface area contributed by atoms with Crippen molar-refractivity contribution in [2.24, 2.45) is 5.92 Å². The fourth-order valence-electron chi connectivity index (χ4n) is 3.21. The molecule has 1 aromatic carbocycles. The first-order valence-electron chi connectivity index (χ1n) is 7.69. The van der Waals surface area contributed by atoms with Gasteiger partial charge in [-0.3, -0.25) is 4.79 Å². The molecule has 0 spiro atoms. The Hall–Kier alpha value is -1.95. The molecule has 1 amide bonds. The molecule has 1 N–H and O–H groups in total. The quantitative estimate of drug-likeness (QED) is 0.922. The number of anilines is 1. The Bertz CT molecular complexity index is 640. The van der Waals surface area contributed by atoms with Crippen LogP contribution in [0.25, 0.3) is 0 Å². The van der Waals surface area contributed by atoms with Crippen LogP contribution in [-0.2, 0) is 17.8 Å². The number of benzene rings is 1. The van der Waals surface area contributed by atoms with Crippen molar-refractivity contribution in [1.29, 1.82) is 0 Å². The van der Waals surface area contributed by atoms with Crippen molar-refractivity contribution in [3.05, 3.63) is 11.1 Å². The molecule has 0 bridgehead atoms. The van der Waals surface area contributed by atoms with Crippen molar-refractivity contribution < 1.29 is 19.0 Å². The fourth-order valence-corrected chi connectivity index (χ4v) is 3.21. The van der Waals surface area contributed by atoms with Crippen LogP contribution >= 0.6 is 0 Å². The number of methoxy groups -OCH3 is 1. The largest absolute Gasteiger partial charge is 0.492 e. The van der Waals surface area contributed by atoms with Crippen molar-refractivity contribution in [3.63, 3.8) is 0 Å². The molecule has 22 heavy (non-hydrogen) atoms. The minimum atomic E-state index is 0.0870. The lowest BCUT2D eigenvalue weighted by molar-refractivity contribution is -0.117. The van der Waals surface area contributed by atoms with Crippen LogP contribution in [0.4, 0.5) is 5.69 Å². The van der Waals surface area contributed by atoms with Gasteiger partial charge in [-0.15, -0.1) is 0 Å². The molecule has 0 unspecified atom stereocenters. The van der Waals surface area contributed by atoms with E-state index in [1.165, 1.54) is 0 Å². The van der Waals surface area contributed by atoms with E-state index in [-0.39, 0.29) is 18.6 Å². The maximum atomic E-state index is 12.2. The topological polar surface area (TPSA) is 60.0 Å². The molecule has 1 aliphatic carbocycles. The SMILES string of the molecule is COc1c2c(c(NC(=O)C3CC3)c3c1OCO3)CCN(C)C2. The maximum absolute atomic E-state index is 12.2. The number of carbonyl (C=O) groups is 1. The van der Waals surface area contributed by atoms with Crippen molar-refractivity contribution in [3.8, 4) is 17.2 Å². The first-order valence-corrected chi connectivity index (χ1v) is 7.69. The number of hydrogen-bond acceptors (Lipinski definition) is 5. The lowest BCUT2D eigenvalue weighted by Gasteiger charge is -2.29. The van der Waals surface area contributed by atoms with Gasteiger partial charge < -0.3 is 24.4 Å². The Labute approximate surface area is 129 Å². The molecule has 2 heterocycles. The molecule has 3 aliphatic rings. The van der Waals surface area contributed by atoms with Crippen LogP contribution in [0.1, 0.15) is 24.0 Å². The second kappa shape index (κ2) is 5.05. The van der Waals surface area contributed by atoms with E-state index in [0.717, 1.165) is 54.9 Å². The number of ether oxygens (including phenoxy) is 3. The molecule has 118 valence electrons. The summed E-state index contributed by atoms with van der Waals surface area (Å²) in [6.07, 6.45) is 2.82. The van der Waals surface area contributed by atoms with Crippen molar-refractivity contribution in [1.82, 2.24) is 4.90 Å². The van der Waals surface area contributed by atoms with Crippen LogP contribution in [0.3, 0.4) is 0 Å². The molecule has 0 atom stereocenters. The summed E-state index contributed by atoms with van der Waals surface area (Å²) in [7, 11) is 3.73. The summed E-state index contributed by atoms with van der Waals surface area (Å²) in [4.78, 5) is 14.5. The Morgan fingerprint density at radius 3 is 2.77 bits per heavy atom. The van der Waals surface area contributed by atoms with Crippen molar-refractivity contribution in [2.45, 2.75) is 25.8 Å². The number of rotatable bonds is 3. The van der Waals surface area contributed by atoms with Gasteiger partial charge in [-0.05, 0) is 31.9 Å². The lowest BCUT2D eigenvalue weighted by atomic mass is 9.95. The van der Waals surface area contributed by atoms with E-state index in [2.05, 4.69) is 17.3 Å². The number of nitrogens with one attached hydrogen (secondary N) is 1. The minimum absolute atomic E-state index is 0.0870. The monoisotopic (exact) mass is 304 g/mol. The van der Waals surface area contributed by atoms with Crippen LogP contribution in [0.15, 0.2) is 0 Å². The summed E-state index contributed by atoms with van der Waals surface area (Å²) in [5.74, 6) is 2.21. The maximum Gasteiger partial charge on any atom is 0.231 e. The predicted octanol–water partition coefficient (Wildman–Crippen LogP) is 1.76. The summed E-state index contributed by atoms with van der Waals surface area (Å²) in [6.45, 7) is 1.89. The zero-order valence-electron chi connectivity index (χ0n) is 12.9. The average molecular weight is 304 g/mol. The fraction of sp³-hybridized carbons (Fsp3) is 0.562. The van der Waals surface area contributed by atoms with Crippen LogP contribution in [-0.4, -0.2) is 38.3 Å². The van der Waals surface area contributed by atoms with Crippen molar-refractivity contribution >= 4 is 11.6 Å². The molecule has 0 radical (unpaired) electrons. The van der Waals surface area contributed by atoms with Gasteiger partial charge in [-0.25, -0.2) is 0 Å². The Morgan fingerprint density at radius 2 is 2.05 bits per heavy atom. The number of hydrogen-bond donors (Lipinski definition) is 1. The van der Waals surface area contributed by atoms with Gasteiger partial charge in [-0.1, -0.05) is 0 Å². The highest BCUT2D eigenvalue weighted by Crippen LogP contribution is 2.52. The molecule has 1 fully saturated rings. The van der Waals surface area contributed by atoms with E-state index in [1.807, 2.05) is 0 Å². The second-order valence-corrected chi connectivity index (χ2v) is 6.18. The zero-order valence-corrected chi connectivity index (χ0v) is 12.9. The number of carbonyl (C=O) groups excluding carboxylic acids is 1. The second-order valence-electron chi connectivity index (χ2n) is 6.18. The molecule has 1 aromatic rings. The van der Waals surface area contributed by atoms with Crippen LogP contribution in [0.2, 0.25) is 0 Å². The van der Waals surface area contributed by atoms with Gasteiger partial charge in [-0.2, -0.15) is 0 Å². The molecule has 1 saturated carbocycles. The normalized spacial score (nSPS) is 19.7. The van der Waals surface area contributed by atoms with Crippen LogP contribution in [0.5, 0.6) is 17.2 Å². The summed E-state index contributed by atoms with van der Waals surface area (Å²) >= 11 is 0. The van der Waals surface area contributed by atoms with E-state index in [9.17, 15) is 4.79 Å². The Balaban J connectivity index is 1.83. The van der Waals surface area contributed by atoms with Gasteiger partial charge in [0.25, 0.3) is 0 Å². The van der Waals surface area contributed by atoms with E-state index >= 15 is 0 Å². The Morgan fingerprint density at radius 1 is 1.27 bits per heavy atom. The van der Waals surface area contributed by atoms with E-state index < -0.39 is 0 Å². The van der Waals surface area contributed by atoms with E-state index in [0.29, 0.717) is 11.5 Å². The highest BCUT2D eigenvalue weighted by molar-refractivity contribution is 5.97. The molecular formula is C16H20N2O4. The first kappa shape index (κ1) is 13.7. The summed E-state index contributed by atoms with van der Waals surface area (Å²) < 4.78 is 16.8. The molecule has 0 aromatic heterocycles. The van der Waals surface area contributed by atoms with E-state index in [1.54, 1.807) is 7.11 Å². The summed E-state index contributed by atoms with van der Waals surface area (Å²) in [5, 5.41) is 3.08. The first-order chi connectivity index (χ1) is 10.7. The molecule has 0 saturated heterocycles. The van der Waals surface area contributed by atoms with Gasteiger partial charge in [0, 0.05) is 24.6 Å². The number of amides is 1. The minimum Gasteiger partial charge on any atom is -0.492 e. The molecule has 2 aliphatic heterocycles. The van der Waals surface area contributed by atoms with Crippen LogP contribution in [0, 0.1) is 5.92 Å². The smallest absolute Gasteiger partial charge is 0.231 e. The number of likely N-dealkylation sites (N-methyl/N-ethyl adjacent to an activating group) is 1. The van der Waals surface area contributed by atoms with Crippen LogP contribution < -0.4 is 19.5 Å². The third kappa shape index (κ3) is 2.09. The average Bonchev–Trinajstić information content (AvgIpc) is 3.25. The highest BCUT2D eigenvalue weighted by Gasteiger charge is 2.36. The third-order valence-corrected chi connectivity index (χ3v) is 4.56. The number of nitrogens with zero attached hydrogens (tertiary/aromatic N) is 1. The summed E-state index contributed by atoms with van der Waals surface area (Å²) in [5.41, 5.74) is 2.99. The molecule has 4 rings (SSSR count). The number of fused-ring (bicyclic) bond motifs is 2. The van der Waals surface area contributed by atoms with Gasteiger partial charge in [0.15, 0.2) is 11.5 Å². The third-order valence-electron chi connectivity index (χ3n) is 4.56. The molecule has 6 nitrogen and oxygen atoms in total. The Kier molecular flexibility index (Phi) is 3.14. The molecular weight excluding hydrogens is 284 g/mol. The predicted molar refractivity (Wildman–Crippen MR) is 80.5 cm³/mol. The highest BCUT2D eigenvalue weighted by atomic mass is 16.7. The van der Waals surface area contributed by atoms with Gasteiger partial charge in [0.05, 0.1) is 12.8 Å². The van der Waals surface area contributed by atoms with E-state index in [4.69, 9.17) is 14.2 Å². The van der Waals surface area contributed by atoms with Gasteiger partial charge in [0.1, 0.15) is 0 Å². The van der Waals surface area contributed by atoms with Crippen molar-refractivity contribution in [2.75, 3.05) is 32.8 Å². The standard InChI is InChI=1S/C16H20N2O4/c1-18-6-5-10-11(7-18)13(20-2)15-14(21-8-22-15)12(10)17-16(19)9-3-4-9/h9H,3-8H2,1-2H3,(H,17,19). The zero-order chi connectivity index (χ0) is 15.3. The van der Waals surface area contributed by atoms with Gasteiger partial charge >= 0.3 is 0 Å². The lowest BCUT2D eigenvalue weighted by Crippen LogP contribution is -2.28. The van der Waals surface area contributed by atoms with Gasteiger partial charge in [0.2, 0.25) is 18.4 Å². The molecule has 6 heteroatoms. The summed E-state index contributed by atoms with van der Waals surface area (Å²) in [6, 6.07) is 0.